The van der Waals surface area contributed by atoms with Crippen LogP contribution in [-0.2, 0) is 4.74 Å². The number of pyridine rings is 1. The zero-order valence-corrected chi connectivity index (χ0v) is 9.83. The maximum Gasteiger partial charge on any atom is 0.145 e. The molecule has 0 aromatic carbocycles. The van der Waals surface area contributed by atoms with E-state index >= 15 is 0 Å². The number of anilines is 1. The standard InChI is InChI=1S/C11H16ClN3O/c12-9-2-1-5-14-10(9)15-11(8-13)3-6-16-7-4-11/h1-2,5H,3-4,6-8,13H2,(H,14,15). The summed E-state index contributed by atoms with van der Waals surface area (Å²) >= 11 is 6.07. The van der Waals surface area contributed by atoms with Crippen LogP contribution in [0.1, 0.15) is 12.8 Å². The van der Waals surface area contributed by atoms with Gasteiger partial charge < -0.3 is 15.8 Å². The van der Waals surface area contributed by atoms with E-state index in [0.717, 1.165) is 26.1 Å². The molecule has 0 bridgehead atoms. The van der Waals surface area contributed by atoms with E-state index in [1.807, 2.05) is 12.1 Å². The second kappa shape index (κ2) is 4.99. The Labute approximate surface area is 100 Å². The molecular weight excluding hydrogens is 226 g/mol. The van der Waals surface area contributed by atoms with E-state index in [2.05, 4.69) is 10.3 Å². The van der Waals surface area contributed by atoms with Crippen molar-refractivity contribution in [3.8, 4) is 0 Å². The molecule has 16 heavy (non-hydrogen) atoms. The van der Waals surface area contributed by atoms with Crippen LogP contribution < -0.4 is 11.1 Å². The molecule has 5 heteroatoms. The highest BCUT2D eigenvalue weighted by Gasteiger charge is 2.31. The molecule has 0 spiro atoms. The van der Waals surface area contributed by atoms with Gasteiger partial charge in [-0.15, -0.1) is 0 Å². The third kappa shape index (κ3) is 2.45. The molecule has 2 heterocycles. The number of nitrogens with two attached hydrogens (primary N) is 1. The summed E-state index contributed by atoms with van der Waals surface area (Å²) in [7, 11) is 0. The van der Waals surface area contributed by atoms with Gasteiger partial charge in [0.2, 0.25) is 0 Å². The Morgan fingerprint density at radius 1 is 1.50 bits per heavy atom. The zero-order valence-electron chi connectivity index (χ0n) is 9.08. The highest BCUT2D eigenvalue weighted by Crippen LogP contribution is 2.27. The van der Waals surface area contributed by atoms with E-state index in [-0.39, 0.29) is 5.54 Å². The minimum absolute atomic E-state index is 0.129. The summed E-state index contributed by atoms with van der Waals surface area (Å²) in [5, 5.41) is 3.99. The van der Waals surface area contributed by atoms with Crippen LogP contribution in [0.15, 0.2) is 18.3 Å². The van der Waals surface area contributed by atoms with Crippen LogP contribution in [0, 0.1) is 0 Å². The predicted molar refractivity (Wildman–Crippen MR) is 64.7 cm³/mol. The largest absolute Gasteiger partial charge is 0.381 e. The first-order valence-corrected chi connectivity index (χ1v) is 5.80. The lowest BCUT2D eigenvalue weighted by molar-refractivity contribution is 0.0627. The smallest absolute Gasteiger partial charge is 0.145 e. The quantitative estimate of drug-likeness (QED) is 0.845. The molecule has 88 valence electrons. The third-order valence-corrected chi connectivity index (χ3v) is 3.29. The fourth-order valence-corrected chi connectivity index (χ4v) is 2.04. The lowest BCUT2D eigenvalue weighted by Gasteiger charge is -2.37. The van der Waals surface area contributed by atoms with Gasteiger partial charge in [0.25, 0.3) is 0 Å². The summed E-state index contributed by atoms with van der Waals surface area (Å²) in [6.07, 6.45) is 3.49. The van der Waals surface area contributed by atoms with Gasteiger partial charge in [-0.1, -0.05) is 11.6 Å². The van der Waals surface area contributed by atoms with Crippen LogP contribution in [0.2, 0.25) is 5.02 Å². The van der Waals surface area contributed by atoms with Gasteiger partial charge in [0.15, 0.2) is 0 Å². The molecule has 1 aromatic rings. The van der Waals surface area contributed by atoms with Crippen LogP contribution in [0.5, 0.6) is 0 Å². The van der Waals surface area contributed by atoms with Crippen molar-refractivity contribution in [2.75, 3.05) is 25.1 Å². The molecule has 0 atom stereocenters. The molecule has 0 saturated carbocycles. The maximum absolute atomic E-state index is 6.07. The Hall–Kier alpha value is -0.840. The number of aromatic nitrogens is 1. The minimum atomic E-state index is -0.129. The molecular formula is C11H16ClN3O. The first kappa shape index (κ1) is 11.6. The second-order valence-corrected chi connectivity index (χ2v) is 4.46. The third-order valence-electron chi connectivity index (χ3n) is 2.98. The van der Waals surface area contributed by atoms with Crippen LogP contribution in [0.25, 0.3) is 0 Å². The highest BCUT2D eigenvalue weighted by molar-refractivity contribution is 6.32. The lowest BCUT2D eigenvalue weighted by Crippen LogP contribution is -2.49. The molecule has 0 aliphatic carbocycles. The number of nitrogens with one attached hydrogen (secondary N) is 1. The molecule has 0 radical (unpaired) electrons. The number of hydrogen-bond acceptors (Lipinski definition) is 4. The topological polar surface area (TPSA) is 60.2 Å². The molecule has 1 aliphatic rings. The fourth-order valence-electron chi connectivity index (χ4n) is 1.87. The molecule has 1 aliphatic heterocycles. The fraction of sp³-hybridized carbons (Fsp3) is 0.545. The van der Waals surface area contributed by atoms with Gasteiger partial charge in [0, 0.05) is 26.0 Å². The van der Waals surface area contributed by atoms with Crippen LogP contribution in [0.4, 0.5) is 5.82 Å². The summed E-state index contributed by atoms with van der Waals surface area (Å²) in [5.74, 6) is 0.705. The molecule has 3 N–H and O–H groups in total. The van der Waals surface area contributed by atoms with E-state index in [1.165, 1.54) is 0 Å². The first-order valence-electron chi connectivity index (χ1n) is 5.42. The Morgan fingerprint density at radius 2 is 2.25 bits per heavy atom. The van der Waals surface area contributed by atoms with Crippen molar-refractivity contribution in [2.24, 2.45) is 5.73 Å². The monoisotopic (exact) mass is 241 g/mol. The van der Waals surface area contributed by atoms with E-state index in [0.29, 0.717) is 17.4 Å². The van der Waals surface area contributed by atoms with Gasteiger partial charge >= 0.3 is 0 Å². The maximum atomic E-state index is 6.07. The summed E-state index contributed by atoms with van der Waals surface area (Å²) in [4.78, 5) is 4.23. The minimum Gasteiger partial charge on any atom is -0.381 e. The van der Waals surface area contributed by atoms with Crippen LogP contribution in [-0.4, -0.2) is 30.3 Å². The summed E-state index contributed by atoms with van der Waals surface area (Å²) in [6.45, 7) is 2.02. The molecule has 1 aromatic heterocycles. The molecule has 1 saturated heterocycles. The van der Waals surface area contributed by atoms with E-state index in [1.54, 1.807) is 6.20 Å². The first-order chi connectivity index (χ1) is 7.76. The Kier molecular flexibility index (Phi) is 3.63. The Bertz CT molecular complexity index is 353. The second-order valence-electron chi connectivity index (χ2n) is 4.06. The number of rotatable bonds is 3. The highest BCUT2D eigenvalue weighted by atomic mass is 35.5. The number of hydrogen-bond donors (Lipinski definition) is 2. The summed E-state index contributed by atoms with van der Waals surface area (Å²) in [6, 6.07) is 3.63. The van der Waals surface area contributed by atoms with Crippen molar-refractivity contribution < 1.29 is 4.74 Å². The predicted octanol–water partition coefficient (Wildman–Crippen LogP) is 1.65. The van der Waals surface area contributed by atoms with Gasteiger partial charge in [-0.05, 0) is 25.0 Å². The van der Waals surface area contributed by atoms with Crippen molar-refractivity contribution >= 4 is 17.4 Å². The average molecular weight is 242 g/mol. The van der Waals surface area contributed by atoms with E-state index in [4.69, 9.17) is 22.1 Å². The Balaban J connectivity index is 2.15. The number of halogens is 1. The molecule has 2 rings (SSSR count). The molecule has 0 unspecified atom stereocenters. The summed E-state index contributed by atoms with van der Waals surface area (Å²) < 4.78 is 5.35. The summed E-state index contributed by atoms with van der Waals surface area (Å²) in [5.41, 5.74) is 5.72. The van der Waals surface area contributed by atoms with Gasteiger partial charge in [-0.25, -0.2) is 4.98 Å². The van der Waals surface area contributed by atoms with Crippen molar-refractivity contribution in [3.63, 3.8) is 0 Å². The molecule has 1 fully saturated rings. The lowest BCUT2D eigenvalue weighted by atomic mass is 9.90. The van der Waals surface area contributed by atoms with Crippen molar-refractivity contribution in [3.05, 3.63) is 23.4 Å². The normalized spacial score (nSPS) is 19.4. The van der Waals surface area contributed by atoms with Crippen LogP contribution >= 0.6 is 11.6 Å². The molecule has 4 nitrogen and oxygen atoms in total. The molecule has 0 amide bonds. The van der Waals surface area contributed by atoms with Gasteiger partial charge in [0.05, 0.1) is 10.6 Å². The van der Waals surface area contributed by atoms with E-state index in [9.17, 15) is 0 Å². The van der Waals surface area contributed by atoms with Gasteiger partial charge in [-0.2, -0.15) is 0 Å². The number of ether oxygens (including phenoxy) is 1. The van der Waals surface area contributed by atoms with Crippen molar-refractivity contribution in [1.82, 2.24) is 4.98 Å². The Morgan fingerprint density at radius 3 is 2.88 bits per heavy atom. The van der Waals surface area contributed by atoms with Crippen molar-refractivity contribution in [1.29, 1.82) is 0 Å². The van der Waals surface area contributed by atoms with Crippen molar-refractivity contribution in [2.45, 2.75) is 18.4 Å². The van der Waals surface area contributed by atoms with E-state index < -0.39 is 0 Å². The van der Waals surface area contributed by atoms with Gasteiger partial charge in [0.1, 0.15) is 5.82 Å². The number of nitrogens with zero attached hydrogens (tertiary/aromatic N) is 1. The average Bonchev–Trinajstić information content (AvgIpc) is 2.33. The van der Waals surface area contributed by atoms with Gasteiger partial charge in [-0.3, -0.25) is 0 Å². The van der Waals surface area contributed by atoms with Crippen LogP contribution in [0.3, 0.4) is 0 Å². The SMILES string of the molecule is NCC1(Nc2ncccc2Cl)CCOCC1. The zero-order chi connectivity index (χ0) is 11.4.